The number of ether oxygens (including phenoxy) is 2. The molecule has 2 nitrogen and oxygen atoms in total. The topological polar surface area (TPSA) is 18.5 Å². The Morgan fingerprint density at radius 1 is 1.11 bits per heavy atom. The first-order chi connectivity index (χ1) is 8.70. The van der Waals surface area contributed by atoms with Crippen molar-refractivity contribution in [2.45, 2.75) is 13.5 Å². The first-order valence-corrected chi connectivity index (χ1v) is 6.51. The van der Waals surface area contributed by atoms with E-state index in [0.29, 0.717) is 6.61 Å². The molecule has 0 aromatic heterocycles. The Bertz CT molecular complexity index is 538. The Balaban J connectivity index is 2.09. The number of hydrogen-bond donors (Lipinski definition) is 0. The fourth-order valence-electron chi connectivity index (χ4n) is 1.65. The van der Waals surface area contributed by atoms with E-state index in [1.54, 1.807) is 7.11 Å². The Hall–Kier alpha value is -1.48. The zero-order chi connectivity index (χ0) is 13.0. The second kappa shape index (κ2) is 5.91. The first-order valence-electron chi connectivity index (χ1n) is 5.71. The second-order valence-corrected chi connectivity index (χ2v) is 4.87. The molecule has 94 valence electrons. The molecule has 0 heterocycles. The molecule has 0 bridgehead atoms. The maximum absolute atomic E-state index is 5.80. The summed E-state index contributed by atoms with van der Waals surface area (Å²) in [5, 5.41) is 0. The van der Waals surface area contributed by atoms with E-state index in [1.807, 2.05) is 30.3 Å². The van der Waals surface area contributed by atoms with Gasteiger partial charge in [-0.05, 0) is 52.2 Å². The van der Waals surface area contributed by atoms with Gasteiger partial charge in [0.15, 0.2) is 0 Å². The Labute approximate surface area is 116 Å². The van der Waals surface area contributed by atoms with Crippen molar-refractivity contribution in [1.82, 2.24) is 0 Å². The van der Waals surface area contributed by atoms with Crippen LogP contribution in [0.4, 0.5) is 0 Å². The summed E-state index contributed by atoms with van der Waals surface area (Å²) in [5.41, 5.74) is 2.43. The normalized spacial score (nSPS) is 10.2. The number of halogens is 1. The monoisotopic (exact) mass is 306 g/mol. The molecule has 0 saturated heterocycles. The molecule has 2 aromatic rings. The van der Waals surface area contributed by atoms with E-state index in [2.05, 4.69) is 35.0 Å². The molecule has 2 rings (SSSR count). The number of benzene rings is 2. The lowest BCUT2D eigenvalue weighted by molar-refractivity contribution is 0.302. The largest absolute Gasteiger partial charge is 0.497 e. The number of hydrogen-bond acceptors (Lipinski definition) is 2. The highest BCUT2D eigenvalue weighted by molar-refractivity contribution is 9.10. The predicted octanol–water partition coefficient (Wildman–Crippen LogP) is 4.35. The smallest absolute Gasteiger partial charge is 0.134 e. The maximum Gasteiger partial charge on any atom is 0.134 e. The third-order valence-electron chi connectivity index (χ3n) is 2.78. The van der Waals surface area contributed by atoms with Gasteiger partial charge in [-0.2, -0.15) is 0 Å². The molecule has 0 aliphatic rings. The minimum absolute atomic E-state index is 0.567. The van der Waals surface area contributed by atoms with Crippen LogP contribution in [0.2, 0.25) is 0 Å². The summed E-state index contributed by atoms with van der Waals surface area (Å²) in [6.07, 6.45) is 0. The molecule has 0 spiro atoms. The van der Waals surface area contributed by atoms with Crippen molar-refractivity contribution in [3.63, 3.8) is 0 Å². The van der Waals surface area contributed by atoms with Gasteiger partial charge in [-0.25, -0.2) is 0 Å². The highest BCUT2D eigenvalue weighted by atomic mass is 79.9. The molecular weight excluding hydrogens is 292 g/mol. The highest BCUT2D eigenvalue weighted by Crippen LogP contribution is 2.29. The Morgan fingerprint density at radius 3 is 2.56 bits per heavy atom. The van der Waals surface area contributed by atoms with Gasteiger partial charge < -0.3 is 9.47 Å². The van der Waals surface area contributed by atoms with Crippen LogP contribution in [0.3, 0.4) is 0 Å². The standard InChI is InChI=1S/C15H15BrO2/c1-11-5-3-4-6-12(11)10-18-15-8-7-13(17-2)9-14(15)16/h3-9H,10H2,1-2H3. The minimum Gasteiger partial charge on any atom is -0.497 e. The van der Waals surface area contributed by atoms with Crippen LogP contribution in [-0.4, -0.2) is 7.11 Å². The third-order valence-corrected chi connectivity index (χ3v) is 3.40. The van der Waals surface area contributed by atoms with E-state index in [-0.39, 0.29) is 0 Å². The average molecular weight is 307 g/mol. The van der Waals surface area contributed by atoms with Crippen LogP contribution in [-0.2, 0) is 6.61 Å². The van der Waals surface area contributed by atoms with Crippen LogP contribution >= 0.6 is 15.9 Å². The molecule has 0 aliphatic heterocycles. The summed E-state index contributed by atoms with van der Waals surface area (Å²) in [6, 6.07) is 13.9. The van der Waals surface area contributed by atoms with E-state index in [0.717, 1.165) is 16.0 Å². The number of rotatable bonds is 4. The lowest BCUT2D eigenvalue weighted by Crippen LogP contribution is -1.98. The highest BCUT2D eigenvalue weighted by Gasteiger charge is 2.04. The van der Waals surface area contributed by atoms with Gasteiger partial charge in [0, 0.05) is 0 Å². The first kappa shape index (κ1) is 13.0. The minimum atomic E-state index is 0.567. The van der Waals surface area contributed by atoms with Crippen LogP contribution < -0.4 is 9.47 Å². The molecule has 0 atom stereocenters. The van der Waals surface area contributed by atoms with Crippen LogP contribution in [0.25, 0.3) is 0 Å². The van der Waals surface area contributed by atoms with Crippen LogP contribution in [0.15, 0.2) is 46.9 Å². The van der Waals surface area contributed by atoms with Crippen molar-refractivity contribution < 1.29 is 9.47 Å². The summed E-state index contributed by atoms with van der Waals surface area (Å²) >= 11 is 3.48. The Kier molecular flexibility index (Phi) is 4.26. The zero-order valence-corrected chi connectivity index (χ0v) is 12.0. The molecule has 0 fully saturated rings. The van der Waals surface area contributed by atoms with Crippen LogP contribution in [0.5, 0.6) is 11.5 Å². The van der Waals surface area contributed by atoms with Gasteiger partial charge in [0.25, 0.3) is 0 Å². The molecule has 0 radical (unpaired) electrons. The molecule has 3 heteroatoms. The van der Waals surface area contributed by atoms with Crippen molar-refractivity contribution in [2.75, 3.05) is 7.11 Å². The number of methoxy groups -OCH3 is 1. The summed E-state index contributed by atoms with van der Waals surface area (Å²) < 4.78 is 11.8. The predicted molar refractivity (Wildman–Crippen MR) is 76.2 cm³/mol. The van der Waals surface area contributed by atoms with Gasteiger partial charge >= 0.3 is 0 Å². The van der Waals surface area contributed by atoms with Gasteiger partial charge in [0.1, 0.15) is 18.1 Å². The van der Waals surface area contributed by atoms with Crippen molar-refractivity contribution >= 4 is 15.9 Å². The van der Waals surface area contributed by atoms with Gasteiger partial charge in [-0.1, -0.05) is 24.3 Å². The van der Waals surface area contributed by atoms with Crippen molar-refractivity contribution in [2.24, 2.45) is 0 Å². The molecular formula is C15H15BrO2. The van der Waals surface area contributed by atoms with E-state index in [4.69, 9.17) is 9.47 Å². The fourth-order valence-corrected chi connectivity index (χ4v) is 2.13. The fraction of sp³-hybridized carbons (Fsp3) is 0.200. The Morgan fingerprint density at radius 2 is 1.89 bits per heavy atom. The van der Waals surface area contributed by atoms with Crippen molar-refractivity contribution in [3.05, 3.63) is 58.1 Å². The molecule has 0 N–H and O–H groups in total. The summed E-state index contributed by atoms with van der Waals surface area (Å²) in [4.78, 5) is 0. The van der Waals surface area contributed by atoms with Crippen molar-refractivity contribution in [1.29, 1.82) is 0 Å². The molecule has 18 heavy (non-hydrogen) atoms. The molecule has 0 amide bonds. The SMILES string of the molecule is COc1ccc(OCc2ccccc2C)c(Br)c1. The lowest BCUT2D eigenvalue weighted by atomic mass is 10.1. The maximum atomic E-state index is 5.80. The molecule has 2 aromatic carbocycles. The van der Waals surface area contributed by atoms with E-state index >= 15 is 0 Å². The van der Waals surface area contributed by atoms with Gasteiger partial charge in [0.05, 0.1) is 11.6 Å². The summed E-state index contributed by atoms with van der Waals surface area (Å²) in [7, 11) is 1.65. The van der Waals surface area contributed by atoms with Crippen molar-refractivity contribution in [3.8, 4) is 11.5 Å². The third kappa shape index (κ3) is 3.05. The number of aryl methyl sites for hydroxylation is 1. The van der Waals surface area contributed by atoms with Crippen LogP contribution in [0.1, 0.15) is 11.1 Å². The van der Waals surface area contributed by atoms with E-state index in [1.165, 1.54) is 11.1 Å². The lowest BCUT2D eigenvalue weighted by Gasteiger charge is -2.11. The van der Waals surface area contributed by atoms with Gasteiger partial charge in [-0.15, -0.1) is 0 Å². The second-order valence-electron chi connectivity index (χ2n) is 4.01. The summed E-state index contributed by atoms with van der Waals surface area (Å²) in [6.45, 7) is 2.65. The van der Waals surface area contributed by atoms with Crippen LogP contribution in [0, 0.1) is 6.92 Å². The van der Waals surface area contributed by atoms with E-state index < -0.39 is 0 Å². The van der Waals surface area contributed by atoms with Gasteiger partial charge in [0.2, 0.25) is 0 Å². The molecule has 0 saturated carbocycles. The van der Waals surface area contributed by atoms with Gasteiger partial charge in [-0.3, -0.25) is 0 Å². The summed E-state index contributed by atoms with van der Waals surface area (Å²) in [5.74, 6) is 1.63. The quantitative estimate of drug-likeness (QED) is 0.836. The molecule has 0 aliphatic carbocycles. The zero-order valence-electron chi connectivity index (χ0n) is 10.4. The molecule has 0 unspecified atom stereocenters. The average Bonchev–Trinajstić information content (AvgIpc) is 2.39. The van der Waals surface area contributed by atoms with E-state index in [9.17, 15) is 0 Å².